The summed E-state index contributed by atoms with van der Waals surface area (Å²) in [6.45, 7) is 6.68. The van der Waals surface area contributed by atoms with Gasteiger partial charge in [0.1, 0.15) is 6.04 Å². The first-order chi connectivity index (χ1) is 10.9. The van der Waals surface area contributed by atoms with Gasteiger partial charge in [0.2, 0.25) is 11.8 Å². The number of piperazine rings is 1. The number of amides is 2. The predicted molar refractivity (Wildman–Crippen MR) is 84.5 cm³/mol. The van der Waals surface area contributed by atoms with Crippen LogP contribution in [0.5, 0.6) is 0 Å². The van der Waals surface area contributed by atoms with Crippen LogP contribution in [0.3, 0.4) is 0 Å². The molecule has 1 aromatic heterocycles. The first-order valence-electron chi connectivity index (χ1n) is 7.53. The number of hydrogen-bond donors (Lipinski definition) is 1. The fourth-order valence-corrected chi connectivity index (χ4v) is 2.49. The van der Waals surface area contributed by atoms with Gasteiger partial charge >= 0.3 is 0 Å². The van der Waals surface area contributed by atoms with Gasteiger partial charge in [0, 0.05) is 12.2 Å². The molecule has 0 radical (unpaired) electrons. The van der Waals surface area contributed by atoms with Crippen LogP contribution in [0.2, 0.25) is 0 Å². The van der Waals surface area contributed by atoms with Crippen molar-refractivity contribution in [2.45, 2.75) is 39.8 Å². The van der Waals surface area contributed by atoms with Gasteiger partial charge in [-0.05, 0) is 32.4 Å². The number of nitrogens with zero attached hydrogens (tertiary/aromatic N) is 3. The maximum absolute atomic E-state index is 12.2. The van der Waals surface area contributed by atoms with E-state index in [-0.39, 0.29) is 24.8 Å². The van der Waals surface area contributed by atoms with Crippen molar-refractivity contribution >= 4 is 18.3 Å². The molecule has 1 atom stereocenters. The molecule has 2 amide bonds. The van der Waals surface area contributed by atoms with Gasteiger partial charge in [-0.25, -0.2) is 0 Å². The van der Waals surface area contributed by atoms with Crippen molar-refractivity contribution in [3.8, 4) is 0 Å². The average molecular weight is 321 g/mol. The number of carbonyl (C=O) groups is 3. The summed E-state index contributed by atoms with van der Waals surface area (Å²) >= 11 is 0. The van der Waals surface area contributed by atoms with Gasteiger partial charge in [-0.15, -0.1) is 0 Å². The highest BCUT2D eigenvalue weighted by Gasteiger charge is 2.35. The Morgan fingerprint density at radius 2 is 2.04 bits per heavy atom. The Morgan fingerprint density at radius 3 is 2.61 bits per heavy atom. The molecule has 2 heterocycles. The molecule has 23 heavy (non-hydrogen) atoms. The van der Waals surface area contributed by atoms with Crippen LogP contribution in [-0.2, 0) is 20.9 Å². The zero-order valence-electron chi connectivity index (χ0n) is 13.7. The fourth-order valence-electron chi connectivity index (χ4n) is 2.49. The van der Waals surface area contributed by atoms with Crippen molar-refractivity contribution < 1.29 is 19.5 Å². The minimum absolute atomic E-state index is 0.00569. The third kappa shape index (κ3) is 5.05. The van der Waals surface area contributed by atoms with Crippen LogP contribution in [0.4, 0.5) is 0 Å². The van der Waals surface area contributed by atoms with Crippen LogP contribution < -0.4 is 0 Å². The van der Waals surface area contributed by atoms with Crippen molar-refractivity contribution in [1.82, 2.24) is 14.8 Å². The van der Waals surface area contributed by atoms with Crippen molar-refractivity contribution in [3.05, 3.63) is 29.6 Å². The van der Waals surface area contributed by atoms with E-state index >= 15 is 0 Å². The third-order valence-corrected chi connectivity index (χ3v) is 3.55. The summed E-state index contributed by atoms with van der Waals surface area (Å²) in [5.41, 5.74) is 1.74. The molecule has 126 valence electrons. The number of rotatable bonds is 4. The highest BCUT2D eigenvalue weighted by molar-refractivity contribution is 5.94. The molecular formula is C16H23N3O4. The van der Waals surface area contributed by atoms with E-state index in [1.165, 1.54) is 0 Å². The Labute approximate surface area is 135 Å². The molecule has 1 saturated heterocycles. The molecule has 1 aliphatic heterocycles. The number of aryl methyl sites for hydroxylation is 1. The Morgan fingerprint density at radius 1 is 1.39 bits per heavy atom. The molecule has 1 aliphatic rings. The van der Waals surface area contributed by atoms with Crippen LogP contribution in [0.15, 0.2) is 18.2 Å². The molecule has 0 aliphatic carbocycles. The van der Waals surface area contributed by atoms with Crippen molar-refractivity contribution in [2.75, 3.05) is 13.1 Å². The summed E-state index contributed by atoms with van der Waals surface area (Å²) in [6.07, 6.45) is 0.866. The minimum atomic E-state index is -0.412. The molecule has 7 nitrogen and oxygen atoms in total. The van der Waals surface area contributed by atoms with Crippen LogP contribution in [0, 0.1) is 6.92 Å². The van der Waals surface area contributed by atoms with E-state index in [0.717, 1.165) is 17.8 Å². The summed E-state index contributed by atoms with van der Waals surface area (Å²) < 4.78 is 0. The van der Waals surface area contributed by atoms with Gasteiger partial charge < -0.3 is 14.9 Å². The lowest BCUT2D eigenvalue weighted by Gasteiger charge is -2.38. The van der Waals surface area contributed by atoms with Crippen molar-refractivity contribution in [1.29, 1.82) is 0 Å². The van der Waals surface area contributed by atoms with E-state index in [1.807, 2.05) is 32.0 Å². The predicted octanol–water partition coefficient (Wildman–Crippen LogP) is 1.06. The van der Waals surface area contributed by atoms with E-state index in [2.05, 4.69) is 4.98 Å². The molecule has 0 bridgehead atoms. The van der Waals surface area contributed by atoms with E-state index in [9.17, 15) is 9.59 Å². The van der Waals surface area contributed by atoms with E-state index in [4.69, 9.17) is 9.90 Å². The maximum atomic E-state index is 12.2. The van der Waals surface area contributed by atoms with E-state index < -0.39 is 6.04 Å². The van der Waals surface area contributed by atoms with Crippen LogP contribution in [-0.4, -0.2) is 57.3 Å². The molecule has 0 saturated carbocycles. The smallest absolute Gasteiger partial charge is 0.290 e. The second kappa shape index (κ2) is 8.87. The maximum Gasteiger partial charge on any atom is 0.290 e. The fraction of sp³-hybridized carbons (Fsp3) is 0.500. The SMILES string of the molecule is CCCN1CC(=O)N(Cc2cccc(C)n2)[C@H](C)C1=O.O=CO. The lowest BCUT2D eigenvalue weighted by molar-refractivity contribution is -0.155. The number of hydrogen-bond acceptors (Lipinski definition) is 4. The summed E-state index contributed by atoms with van der Waals surface area (Å²) in [4.78, 5) is 40.5. The highest BCUT2D eigenvalue weighted by Crippen LogP contribution is 2.16. The normalized spacial score (nSPS) is 17.6. The third-order valence-electron chi connectivity index (χ3n) is 3.55. The van der Waals surface area contributed by atoms with Crippen LogP contribution >= 0.6 is 0 Å². The summed E-state index contributed by atoms with van der Waals surface area (Å²) in [7, 11) is 0. The number of carbonyl (C=O) groups excluding carboxylic acids is 2. The number of aromatic nitrogens is 1. The average Bonchev–Trinajstić information content (AvgIpc) is 2.50. The Balaban J connectivity index is 0.000000816. The van der Waals surface area contributed by atoms with Crippen molar-refractivity contribution in [2.24, 2.45) is 0 Å². The highest BCUT2D eigenvalue weighted by atomic mass is 16.3. The van der Waals surface area contributed by atoms with Gasteiger partial charge in [-0.2, -0.15) is 0 Å². The number of pyridine rings is 1. The molecule has 2 rings (SSSR count). The Kier molecular flexibility index (Phi) is 7.18. The van der Waals surface area contributed by atoms with E-state index in [0.29, 0.717) is 13.1 Å². The topological polar surface area (TPSA) is 90.8 Å². The largest absolute Gasteiger partial charge is 0.483 e. The van der Waals surface area contributed by atoms with E-state index in [1.54, 1.807) is 16.7 Å². The monoisotopic (exact) mass is 321 g/mol. The first-order valence-corrected chi connectivity index (χ1v) is 7.53. The van der Waals surface area contributed by atoms with Gasteiger partial charge in [0.05, 0.1) is 18.8 Å². The van der Waals surface area contributed by atoms with Crippen LogP contribution in [0.1, 0.15) is 31.7 Å². The molecule has 1 N–H and O–H groups in total. The molecule has 7 heteroatoms. The summed E-state index contributed by atoms with van der Waals surface area (Å²) in [6, 6.07) is 5.31. The second-order valence-corrected chi connectivity index (χ2v) is 5.33. The Hall–Kier alpha value is -2.44. The second-order valence-electron chi connectivity index (χ2n) is 5.33. The van der Waals surface area contributed by atoms with Gasteiger partial charge in [-0.1, -0.05) is 13.0 Å². The Bertz CT molecular complexity index is 562. The lowest BCUT2D eigenvalue weighted by Crippen LogP contribution is -2.58. The molecular weight excluding hydrogens is 298 g/mol. The standard InChI is InChI=1S/C15H21N3O2.CH2O2/c1-4-8-17-10-14(19)18(12(3)15(17)20)9-13-7-5-6-11(2)16-13;2-1-3/h5-7,12H,4,8-10H2,1-3H3;1H,(H,2,3)/t12-;/m1./s1. The van der Waals surface area contributed by atoms with Gasteiger partial charge in [0.15, 0.2) is 0 Å². The zero-order chi connectivity index (χ0) is 17.4. The minimum Gasteiger partial charge on any atom is -0.483 e. The summed E-state index contributed by atoms with van der Waals surface area (Å²) in [5, 5.41) is 6.89. The van der Waals surface area contributed by atoms with Gasteiger partial charge in [-0.3, -0.25) is 19.4 Å². The number of carboxylic acid groups (broad SMARTS) is 1. The quantitative estimate of drug-likeness (QED) is 0.837. The van der Waals surface area contributed by atoms with Crippen molar-refractivity contribution in [3.63, 3.8) is 0 Å². The molecule has 0 unspecified atom stereocenters. The first kappa shape index (κ1) is 18.6. The van der Waals surface area contributed by atoms with Gasteiger partial charge in [0.25, 0.3) is 6.47 Å². The molecule has 0 spiro atoms. The molecule has 0 aromatic carbocycles. The zero-order valence-corrected chi connectivity index (χ0v) is 13.7. The molecule has 1 aromatic rings. The molecule has 1 fully saturated rings. The van der Waals surface area contributed by atoms with Crippen LogP contribution in [0.25, 0.3) is 0 Å². The lowest BCUT2D eigenvalue weighted by atomic mass is 10.1. The summed E-state index contributed by atoms with van der Waals surface area (Å²) in [5.74, 6) is 0.0213.